The van der Waals surface area contributed by atoms with Gasteiger partial charge < -0.3 is 10.3 Å². The minimum absolute atomic E-state index is 0.147. The Labute approximate surface area is 172 Å². The van der Waals surface area contributed by atoms with Crippen molar-refractivity contribution >= 4 is 22.5 Å². The number of hydrogen-bond donors (Lipinski definition) is 1. The van der Waals surface area contributed by atoms with Crippen molar-refractivity contribution in [2.45, 2.75) is 6.04 Å². The Kier molecular flexibility index (Phi) is 4.89. The number of nitriles is 1. The average Bonchev–Trinajstić information content (AvgIpc) is 2.76. The number of aryl methyl sites for hydroxylation is 1. The zero-order valence-corrected chi connectivity index (χ0v) is 16.4. The number of nitrogens with two attached hydrogens (primary N) is 1. The Hall–Kier alpha value is -3.46. The Morgan fingerprint density at radius 2 is 1.90 bits per heavy atom. The van der Waals surface area contributed by atoms with Gasteiger partial charge in [0.2, 0.25) is 0 Å². The maximum atomic E-state index is 12.5. The standard InChI is InChI=1S/C23H17ClN4O/c1-28-21-13-27-20(23(26)15-5-7-17(24)8-6-15)10-19(21)18(11-22(28)29)16-4-2-3-14(9-16)12-25/h2-11,13,23H,26H2,1H3. The van der Waals surface area contributed by atoms with Crippen molar-refractivity contribution < 1.29 is 0 Å². The van der Waals surface area contributed by atoms with Crippen LogP contribution in [0.2, 0.25) is 5.02 Å². The van der Waals surface area contributed by atoms with Crippen LogP contribution in [-0.2, 0) is 7.05 Å². The molecular formula is C23H17ClN4O. The van der Waals surface area contributed by atoms with E-state index in [0.717, 1.165) is 22.1 Å². The minimum atomic E-state index is -0.438. The summed E-state index contributed by atoms with van der Waals surface area (Å²) in [6.07, 6.45) is 1.67. The molecule has 4 rings (SSSR count). The fourth-order valence-electron chi connectivity index (χ4n) is 3.37. The molecule has 142 valence electrons. The first-order valence-corrected chi connectivity index (χ1v) is 9.37. The largest absolute Gasteiger partial charge is 0.319 e. The molecule has 0 spiro atoms. The monoisotopic (exact) mass is 400 g/mol. The molecule has 1 unspecified atom stereocenters. The fraction of sp³-hybridized carbons (Fsp3) is 0.0870. The Morgan fingerprint density at radius 3 is 2.62 bits per heavy atom. The van der Waals surface area contributed by atoms with E-state index in [9.17, 15) is 10.1 Å². The lowest BCUT2D eigenvalue weighted by atomic mass is 9.97. The first-order chi connectivity index (χ1) is 14.0. The van der Waals surface area contributed by atoms with E-state index in [2.05, 4.69) is 11.1 Å². The van der Waals surface area contributed by atoms with Crippen LogP contribution in [0.4, 0.5) is 0 Å². The second-order valence-corrected chi connectivity index (χ2v) is 7.24. The highest BCUT2D eigenvalue weighted by Crippen LogP contribution is 2.30. The molecule has 0 radical (unpaired) electrons. The Morgan fingerprint density at radius 1 is 1.14 bits per heavy atom. The smallest absolute Gasteiger partial charge is 0.251 e. The first kappa shape index (κ1) is 18.9. The highest BCUT2D eigenvalue weighted by atomic mass is 35.5. The molecular weight excluding hydrogens is 384 g/mol. The van der Waals surface area contributed by atoms with Gasteiger partial charge in [-0.05, 0) is 47.0 Å². The second-order valence-electron chi connectivity index (χ2n) is 6.80. The molecule has 0 saturated carbocycles. The predicted molar refractivity (Wildman–Crippen MR) is 115 cm³/mol. The van der Waals surface area contributed by atoms with Crippen LogP contribution in [0, 0.1) is 11.3 Å². The van der Waals surface area contributed by atoms with E-state index in [-0.39, 0.29) is 5.56 Å². The molecule has 0 aliphatic heterocycles. The molecule has 5 nitrogen and oxygen atoms in total. The lowest BCUT2D eigenvalue weighted by Gasteiger charge is -2.15. The van der Waals surface area contributed by atoms with E-state index < -0.39 is 6.04 Å². The summed E-state index contributed by atoms with van der Waals surface area (Å²) in [7, 11) is 1.71. The zero-order valence-electron chi connectivity index (χ0n) is 15.6. The van der Waals surface area contributed by atoms with Crippen LogP contribution in [0.3, 0.4) is 0 Å². The topological polar surface area (TPSA) is 84.7 Å². The van der Waals surface area contributed by atoms with Crippen LogP contribution in [0.25, 0.3) is 22.0 Å². The quantitative estimate of drug-likeness (QED) is 0.559. The van der Waals surface area contributed by atoms with Gasteiger partial charge in [0.05, 0.1) is 35.1 Å². The highest BCUT2D eigenvalue weighted by Gasteiger charge is 2.15. The van der Waals surface area contributed by atoms with Gasteiger partial charge >= 0.3 is 0 Å². The van der Waals surface area contributed by atoms with E-state index in [1.807, 2.05) is 24.3 Å². The summed E-state index contributed by atoms with van der Waals surface area (Å²) in [5.41, 5.74) is 10.6. The van der Waals surface area contributed by atoms with Crippen LogP contribution in [0.5, 0.6) is 0 Å². The molecule has 2 N–H and O–H groups in total. The number of nitrogens with zero attached hydrogens (tertiary/aromatic N) is 3. The maximum absolute atomic E-state index is 12.5. The summed E-state index contributed by atoms with van der Waals surface area (Å²) < 4.78 is 1.55. The Bertz CT molecular complexity index is 1320. The van der Waals surface area contributed by atoms with Gasteiger partial charge in [0, 0.05) is 23.5 Å². The van der Waals surface area contributed by atoms with Crippen molar-refractivity contribution in [3.8, 4) is 17.2 Å². The molecule has 0 aliphatic carbocycles. The van der Waals surface area contributed by atoms with E-state index in [1.165, 1.54) is 0 Å². The fourth-order valence-corrected chi connectivity index (χ4v) is 3.50. The lowest BCUT2D eigenvalue weighted by molar-refractivity contribution is 0.827. The molecule has 2 heterocycles. The summed E-state index contributed by atoms with van der Waals surface area (Å²) in [5.74, 6) is 0. The van der Waals surface area contributed by atoms with Gasteiger partial charge in [0.15, 0.2) is 0 Å². The minimum Gasteiger partial charge on any atom is -0.319 e. The number of fused-ring (bicyclic) bond motifs is 1. The van der Waals surface area contributed by atoms with Crippen LogP contribution in [-0.4, -0.2) is 9.55 Å². The molecule has 2 aromatic carbocycles. The van der Waals surface area contributed by atoms with Crippen molar-refractivity contribution in [2.75, 3.05) is 0 Å². The van der Waals surface area contributed by atoms with Gasteiger partial charge in [0.1, 0.15) is 0 Å². The summed E-state index contributed by atoms with van der Waals surface area (Å²) >= 11 is 5.97. The predicted octanol–water partition coefficient (Wildman–Crippen LogP) is 4.17. The average molecular weight is 401 g/mol. The molecule has 1 atom stereocenters. The van der Waals surface area contributed by atoms with Gasteiger partial charge in [0.25, 0.3) is 5.56 Å². The number of rotatable bonds is 3. The summed E-state index contributed by atoms with van der Waals surface area (Å²) in [4.78, 5) is 17.0. The van der Waals surface area contributed by atoms with Crippen LogP contribution >= 0.6 is 11.6 Å². The summed E-state index contributed by atoms with van der Waals surface area (Å²) in [6, 6.07) is 19.7. The van der Waals surface area contributed by atoms with Gasteiger partial charge in [-0.25, -0.2) is 0 Å². The zero-order chi connectivity index (χ0) is 20.5. The number of aromatic nitrogens is 2. The summed E-state index contributed by atoms with van der Waals surface area (Å²) in [5, 5.41) is 10.7. The van der Waals surface area contributed by atoms with E-state index in [4.69, 9.17) is 17.3 Å². The molecule has 0 bridgehead atoms. The van der Waals surface area contributed by atoms with Crippen molar-refractivity contribution in [1.82, 2.24) is 9.55 Å². The molecule has 0 saturated heterocycles. The third kappa shape index (κ3) is 3.52. The highest BCUT2D eigenvalue weighted by molar-refractivity contribution is 6.30. The van der Waals surface area contributed by atoms with Gasteiger partial charge in [-0.3, -0.25) is 9.78 Å². The summed E-state index contributed by atoms with van der Waals surface area (Å²) in [6.45, 7) is 0. The van der Waals surface area contributed by atoms with Crippen molar-refractivity contribution in [3.05, 3.63) is 99.1 Å². The first-order valence-electron chi connectivity index (χ1n) is 8.99. The molecule has 0 amide bonds. The van der Waals surface area contributed by atoms with Crippen LogP contribution in [0.15, 0.2) is 71.7 Å². The van der Waals surface area contributed by atoms with Crippen molar-refractivity contribution in [2.24, 2.45) is 12.8 Å². The van der Waals surface area contributed by atoms with Crippen LogP contribution in [0.1, 0.15) is 22.9 Å². The molecule has 0 aliphatic rings. The van der Waals surface area contributed by atoms with E-state index in [0.29, 0.717) is 21.8 Å². The molecule has 29 heavy (non-hydrogen) atoms. The maximum Gasteiger partial charge on any atom is 0.251 e. The van der Waals surface area contributed by atoms with Crippen molar-refractivity contribution in [1.29, 1.82) is 5.26 Å². The third-order valence-electron chi connectivity index (χ3n) is 5.00. The second kappa shape index (κ2) is 7.51. The number of benzene rings is 2. The number of pyridine rings is 2. The van der Waals surface area contributed by atoms with Gasteiger partial charge in [-0.1, -0.05) is 35.9 Å². The number of hydrogen-bond acceptors (Lipinski definition) is 4. The third-order valence-corrected chi connectivity index (χ3v) is 5.26. The molecule has 6 heteroatoms. The SMILES string of the molecule is Cn1c(=O)cc(-c2cccc(C#N)c2)c2cc(C(N)c3ccc(Cl)cc3)ncc21. The molecule has 2 aromatic heterocycles. The normalized spacial score (nSPS) is 11.9. The van der Waals surface area contributed by atoms with E-state index >= 15 is 0 Å². The molecule has 4 aromatic rings. The van der Waals surface area contributed by atoms with Crippen LogP contribution < -0.4 is 11.3 Å². The van der Waals surface area contributed by atoms with Gasteiger partial charge in [-0.15, -0.1) is 0 Å². The number of halogens is 1. The Balaban J connectivity index is 1.93. The lowest BCUT2D eigenvalue weighted by Crippen LogP contribution is -2.18. The van der Waals surface area contributed by atoms with Gasteiger partial charge in [-0.2, -0.15) is 5.26 Å². The van der Waals surface area contributed by atoms with Crippen molar-refractivity contribution in [3.63, 3.8) is 0 Å². The molecule has 0 fully saturated rings. The van der Waals surface area contributed by atoms with E-state index in [1.54, 1.807) is 54.2 Å².